The van der Waals surface area contributed by atoms with Crippen molar-refractivity contribution in [1.29, 1.82) is 0 Å². The van der Waals surface area contributed by atoms with E-state index in [1.165, 1.54) is 6.07 Å². The van der Waals surface area contributed by atoms with E-state index in [2.05, 4.69) is 0 Å². The number of aliphatic hydroxyl groups is 1. The Balaban J connectivity index is 1.73. The van der Waals surface area contributed by atoms with Crippen LogP contribution in [0.1, 0.15) is 12.8 Å². The zero-order chi connectivity index (χ0) is 15.9. The molecule has 0 bridgehead atoms. The number of carbonyl (C=O) groups excluding carboxylic acids is 1. The number of likely N-dealkylation sites (tertiary alicyclic amines) is 1. The van der Waals surface area contributed by atoms with E-state index in [1.54, 1.807) is 30.1 Å². The molecular formula is C16H23FN2O3. The van der Waals surface area contributed by atoms with E-state index in [4.69, 9.17) is 4.74 Å². The number of halogens is 1. The van der Waals surface area contributed by atoms with Crippen molar-refractivity contribution < 1.29 is 19.0 Å². The lowest BCUT2D eigenvalue weighted by molar-refractivity contribution is -0.131. The molecule has 1 saturated heterocycles. The highest BCUT2D eigenvalue weighted by Crippen LogP contribution is 2.17. The summed E-state index contributed by atoms with van der Waals surface area (Å²) in [7, 11) is 1.71. The Bertz CT molecular complexity index is 498. The Morgan fingerprint density at radius 2 is 2.27 bits per heavy atom. The van der Waals surface area contributed by atoms with Crippen molar-refractivity contribution in [3.63, 3.8) is 0 Å². The Morgan fingerprint density at radius 1 is 1.50 bits per heavy atom. The Hall–Kier alpha value is -1.66. The van der Waals surface area contributed by atoms with Gasteiger partial charge in [0.05, 0.1) is 19.7 Å². The number of para-hydroxylation sites is 1. The molecule has 5 nitrogen and oxygen atoms in total. The number of amides is 1. The summed E-state index contributed by atoms with van der Waals surface area (Å²) in [5.41, 5.74) is 0. The van der Waals surface area contributed by atoms with Crippen LogP contribution in [0.15, 0.2) is 24.3 Å². The molecule has 1 fully saturated rings. The number of benzene rings is 1. The van der Waals surface area contributed by atoms with Crippen LogP contribution in [0.25, 0.3) is 0 Å². The van der Waals surface area contributed by atoms with E-state index in [-0.39, 0.29) is 30.9 Å². The van der Waals surface area contributed by atoms with Gasteiger partial charge in [-0.3, -0.25) is 9.69 Å². The molecule has 6 heteroatoms. The molecule has 1 N–H and O–H groups in total. The Labute approximate surface area is 130 Å². The van der Waals surface area contributed by atoms with Gasteiger partial charge >= 0.3 is 0 Å². The summed E-state index contributed by atoms with van der Waals surface area (Å²) in [4.78, 5) is 15.7. The lowest BCUT2D eigenvalue weighted by Crippen LogP contribution is -2.42. The summed E-state index contributed by atoms with van der Waals surface area (Å²) in [6, 6.07) is 6.30. The molecule has 22 heavy (non-hydrogen) atoms. The number of hydrogen-bond acceptors (Lipinski definition) is 4. The minimum atomic E-state index is -0.403. The van der Waals surface area contributed by atoms with Crippen LogP contribution in [0, 0.1) is 5.82 Å². The minimum Gasteiger partial charge on any atom is -0.489 e. The third-order valence-electron chi connectivity index (χ3n) is 3.99. The van der Waals surface area contributed by atoms with Gasteiger partial charge in [-0.05, 0) is 31.5 Å². The van der Waals surface area contributed by atoms with E-state index < -0.39 is 5.82 Å². The molecule has 0 spiro atoms. The number of aliphatic hydroxyl groups excluding tert-OH is 1. The van der Waals surface area contributed by atoms with Gasteiger partial charge in [-0.1, -0.05) is 12.1 Å². The van der Waals surface area contributed by atoms with Gasteiger partial charge in [0.2, 0.25) is 5.91 Å². The van der Waals surface area contributed by atoms with Crippen LogP contribution in [0.2, 0.25) is 0 Å². The molecule has 0 radical (unpaired) electrons. The van der Waals surface area contributed by atoms with Gasteiger partial charge in [0.1, 0.15) is 6.61 Å². The summed E-state index contributed by atoms with van der Waals surface area (Å²) in [5.74, 6) is -0.222. The average Bonchev–Trinajstić information content (AvgIpc) is 2.96. The smallest absolute Gasteiger partial charge is 0.236 e. The first-order chi connectivity index (χ1) is 10.6. The SMILES string of the molecule is CN(CCOc1ccccc1F)C(=O)CN1CCC[C@@H]1CO. The second kappa shape index (κ2) is 8.10. The van der Waals surface area contributed by atoms with Gasteiger partial charge in [0, 0.05) is 13.1 Å². The minimum absolute atomic E-state index is 0.0162. The maximum atomic E-state index is 13.4. The van der Waals surface area contributed by atoms with Crippen molar-refractivity contribution in [3.8, 4) is 5.75 Å². The third-order valence-corrected chi connectivity index (χ3v) is 3.99. The zero-order valence-electron chi connectivity index (χ0n) is 12.9. The topological polar surface area (TPSA) is 53.0 Å². The second-order valence-electron chi connectivity index (χ2n) is 5.54. The van der Waals surface area contributed by atoms with Crippen molar-refractivity contribution >= 4 is 5.91 Å². The molecule has 1 aromatic rings. The summed E-state index contributed by atoms with van der Waals surface area (Å²) < 4.78 is 18.7. The average molecular weight is 310 g/mol. The van der Waals surface area contributed by atoms with Crippen LogP contribution in [0.3, 0.4) is 0 Å². The fraction of sp³-hybridized carbons (Fsp3) is 0.562. The van der Waals surface area contributed by atoms with E-state index in [9.17, 15) is 14.3 Å². The van der Waals surface area contributed by atoms with Gasteiger partial charge < -0.3 is 14.7 Å². The fourth-order valence-corrected chi connectivity index (χ4v) is 2.58. The quantitative estimate of drug-likeness (QED) is 0.820. The van der Waals surface area contributed by atoms with Crippen LogP contribution in [-0.4, -0.2) is 66.8 Å². The summed E-state index contributed by atoms with van der Waals surface area (Å²) in [6.45, 7) is 1.88. The number of carbonyl (C=O) groups is 1. The molecule has 122 valence electrons. The highest BCUT2D eigenvalue weighted by Gasteiger charge is 2.26. The second-order valence-corrected chi connectivity index (χ2v) is 5.54. The van der Waals surface area contributed by atoms with Gasteiger partial charge in [-0.15, -0.1) is 0 Å². The largest absolute Gasteiger partial charge is 0.489 e. The van der Waals surface area contributed by atoms with Gasteiger partial charge in [0.25, 0.3) is 0 Å². The molecule has 1 atom stereocenters. The predicted molar refractivity (Wildman–Crippen MR) is 81.2 cm³/mol. The third kappa shape index (κ3) is 4.42. The first-order valence-electron chi connectivity index (χ1n) is 7.58. The predicted octanol–water partition coefficient (Wildman–Crippen LogP) is 1.12. The van der Waals surface area contributed by atoms with E-state index in [1.807, 2.05) is 4.90 Å². The van der Waals surface area contributed by atoms with Crippen LogP contribution in [-0.2, 0) is 4.79 Å². The van der Waals surface area contributed by atoms with Gasteiger partial charge in [-0.25, -0.2) is 4.39 Å². The molecule has 1 amide bonds. The molecule has 0 aliphatic carbocycles. The first kappa shape index (κ1) is 16.7. The molecular weight excluding hydrogens is 287 g/mol. The number of hydrogen-bond donors (Lipinski definition) is 1. The first-order valence-corrected chi connectivity index (χ1v) is 7.58. The van der Waals surface area contributed by atoms with Crippen molar-refractivity contribution in [3.05, 3.63) is 30.1 Å². The van der Waals surface area contributed by atoms with E-state index in [0.717, 1.165) is 19.4 Å². The molecule has 1 aliphatic heterocycles. The lowest BCUT2D eigenvalue weighted by atomic mass is 10.2. The van der Waals surface area contributed by atoms with Crippen molar-refractivity contribution in [2.75, 3.05) is 39.9 Å². The van der Waals surface area contributed by atoms with E-state index >= 15 is 0 Å². The Kier molecular flexibility index (Phi) is 6.15. The van der Waals surface area contributed by atoms with Crippen molar-refractivity contribution in [1.82, 2.24) is 9.80 Å². The summed E-state index contributed by atoms with van der Waals surface area (Å²) in [5, 5.41) is 9.26. The van der Waals surface area contributed by atoms with Crippen molar-refractivity contribution in [2.24, 2.45) is 0 Å². The van der Waals surface area contributed by atoms with Crippen LogP contribution >= 0.6 is 0 Å². The number of rotatable bonds is 7. The molecule has 0 saturated carbocycles. The fourth-order valence-electron chi connectivity index (χ4n) is 2.58. The lowest BCUT2D eigenvalue weighted by Gasteiger charge is -2.25. The zero-order valence-corrected chi connectivity index (χ0v) is 12.9. The standard InChI is InChI=1S/C16H23FN2O3/c1-18(9-10-22-15-7-3-2-6-14(15)17)16(21)11-19-8-4-5-13(19)12-20/h2-3,6-7,13,20H,4-5,8-12H2,1H3/t13-/m1/s1. The Morgan fingerprint density at radius 3 is 3.00 bits per heavy atom. The molecule has 0 unspecified atom stereocenters. The molecule has 1 aromatic carbocycles. The van der Waals surface area contributed by atoms with Gasteiger partial charge in [-0.2, -0.15) is 0 Å². The number of ether oxygens (including phenoxy) is 1. The maximum absolute atomic E-state index is 13.4. The van der Waals surface area contributed by atoms with Crippen molar-refractivity contribution in [2.45, 2.75) is 18.9 Å². The molecule has 0 aromatic heterocycles. The maximum Gasteiger partial charge on any atom is 0.236 e. The van der Waals surface area contributed by atoms with E-state index in [0.29, 0.717) is 13.1 Å². The number of likely N-dealkylation sites (N-methyl/N-ethyl adjacent to an activating group) is 1. The normalized spacial score (nSPS) is 18.4. The van der Waals surface area contributed by atoms with Crippen LogP contribution in [0.4, 0.5) is 4.39 Å². The highest BCUT2D eigenvalue weighted by molar-refractivity contribution is 5.78. The molecule has 1 aliphatic rings. The number of nitrogens with zero attached hydrogens (tertiary/aromatic N) is 2. The highest BCUT2D eigenvalue weighted by atomic mass is 19.1. The van der Waals surface area contributed by atoms with Crippen LogP contribution in [0.5, 0.6) is 5.75 Å². The molecule has 2 rings (SSSR count). The van der Waals surface area contributed by atoms with Gasteiger partial charge in [0.15, 0.2) is 11.6 Å². The molecule has 1 heterocycles. The monoisotopic (exact) mass is 310 g/mol. The van der Waals surface area contributed by atoms with Crippen LogP contribution < -0.4 is 4.74 Å². The summed E-state index contributed by atoms with van der Waals surface area (Å²) in [6.07, 6.45) is 1.95. The summed E-state index contributed by atoms with van der Waals surface area (Å²) >= 11 is 0.